The van der Waals surface area contributed by atoms with Crippen molar-refractivity contribution in [2.75, 3.05) is 19.5 Å². The molecular formula is C16H15F2NO3. The second kappa shape index (κ2) is 6.43. The van der Waals surface area contributed by atoms with Gasteiger partial charge in [-0.25, -0.2) is 8.78 Å². The van der Waals surface area contributed by atoms with Crippen molar-refractivity contribution in [2.45, 2.75) is 6.92 Å². The van der Waals surface area contributed by atoms with Crippen LogP contribution in [0.15, 0.2) is 30.3 Å². The zero-order valence-electron chi connectivity index (χ0n) is 12.4. The maximum atomic E-state index is 13.6. The molecule has 0 aliphatic heterocycles. The predicted octanol–water partition coefficient (Wildman–Crippen LogP) is 3.54. The molecular weight excluding hydrogens is 292 g/mol. The highest BCUT2D eigenvalue weighted by molar-refractivity contribution is 6.05. The van der Waals surface area contributed by atoms with Crippen LogP contribution in [0.5, 0.6) is 11.5 Å². The maximum absolute atomic E-state index is 13.6. The number of hydrogen-bond donors (Lipinski definition) is 1. The van der Waals surface area contributed by atoms with Gasteiger partial charge < -0.3 is 14.8 Å². The number of amides is 1. The van der Waals surface area contributed by atoms with Crippen LogP contribution in [0.1, 0.15) is 15.9 Å². The monoisotopic (exact) mass is 307 g/mol. The molecule has 0 bridgehead atoms. The number of rotatable bonds is 4. The minimum Gasteiger partial charge on any atom is -0.493 e. The summed E-state index contributed by atoms with van der Waals surface area (Å²) < 4.78 is 36.8. The lowest BCUT2D eigenvalue weighted by Gasteiger charge is -2.14. The first-order chi connectivity index (χ1) is 10.5. The highest BCUT2D eigenvalue weighted by atomic mass is 19.1. The van der Waals surface area contributed by atoms with E-state index in [2.05, 4.69) is 5.32 Å². The second-order valence-corrected chi connectivity index (χ2v) is 4.60. The van der Waals surface area contributed by atoms with Gasteiger partial charge >= 0.3 is 0 Å². The molecule has 0 aromatic heterocycles. The van der Waals surface area contributed by atoms with Crippen molar-refractivity contribution >= 4 is 11.6 Å². The van der Waals surface area contributed by atoms with Crippen LogP contribution in [0.2, 0.25) is 0 Å². The van der Waals surface area contributed by atoms with E-state index in [1.165, 1.54) is 14.2 Å². The molecule has 0 aliphatic rings. The summed E-state index contributed by atoms with van der Waals surface area (Å²) in [4.78, 5) is 12.1. The number of nitrogens with one attached hydrogen (secondary N) is 1. The van der Waals surface area contributed by atoms with Crippen molar-refractivity contribution in [2.24, 2.45) is 0 Å². The molecule has 0 heterocycles. The standard InChI is InChI=1S/C16H15F2NO3/c1-9-6-14(21-2)15(22-3)8-13(9)19-16(20)11-5-4-10(17)7-12(11)18/h4-8H,1-3H3,(H,19,20). The first-order valence-corrected chi connectivity index (χ1v) is 6.45. The molecule has 4 nitrogen and oxygen atoms in total. The maximum Gasteiger partial charge on any atom is 0.258 e. The van der Waals surface area contributed by atoms with Crippen molar-refractivity contribution in [3.63, 3.8) is 0 Å². The number of ether oxygens (including phenoxy) is 2. The van der Waals surface area contributed by atoms with Gasteiger partial charge in [0, 0.05) is 17.8 Å². The van der Waals surface area contributed by atoms with E-state index in [1.54, 1.807) is 19.1 Å². The summed E-state index contributed by atoms with van der Waals surface area (Å²) in [5.74, 6) is -1.38. The number of halogens is 2. The van der Waals surface area contributed by atoms with Gasteiger partial charge in [-0.05, 0) is 30.7 Å². The molecule has 1 N–H and O–H groups in total. The number of hydrogen-bond acceptors (Lipinski definition) is 3. The number of anilines is 1. The van der Waals surface area contributed by atoms with E-state index in [1.807, 2.05) is 0 Å². The molecule has 0 atom stereocenters. The van der Waals surface area contributed by atoms with Crippen LogP contribution in [-0.4, -0.2) is 20.1 Å². The Labute approximate surface area is 126 Å². The molecule has 2 aromatic rings. The average Bonchev–Trinajstić information content (AvgIpc) is 2.48. The first kappa shape index (κ1) is 15.8. The number of methoxy groups -OCH3 is 2. The quantitative estimate of drug-likeness (QED) is 0.940. The van der Waals surface area contributed by atoms with Crippen LogP contribution < -0.4 is 14.8 Å². The van der Waals surface area contributed by atoms with Crippen LogP contribution in [0.3, 0.4) is 0 Å². The molecule has 0 radical (unpaired) electrons. The molecule has 0 fully saturated rings. The minimum absolute atomic E-state index is 0.240. The fourth-order valence-electron chi connectivity index (χ4n) is 1.98. The average molecular weight is 307 g/mol. The Morgan fingerprint density at radius 3 is 2.27 bits per heavy atom. The topological polar surface area (TPSA) is 47.6 Å². The van der Waals surface area contributed by atoms with E-state index in [0.29, 0.717) is 28.8 Å². The molecule has 2 aromatic carbocycles. The lowest BCUT2D eigenvalue weighted by atomic mass is 10.1. The Hall–Kier alpha value is -2.63. The Balaban J connectivity index is 2.32. The zero-order chi connectivity index (χ0) is 16.3. The molecule has 0 spiro atoms. The largest absolute Gasteiger partial charge is 0.493 e. The van der Waals surface area contributed by atoms with Gasteiger partial charge in [-0.2, -0.15) is 0 Å². The van der Waals surface area contributed by atoms with E-state index in [0.717, 1.165) is 12.1 Å². The second-order valence-electron chi connectivity index (χ2n) is 4.60. The van der Waals surface area contributed by atoms with Gasteiger partial charge in [-0.15, -0.1) is 0 Å². The minimum atomic E-state index is -0.921. The van der Waals surface area contributed by atoms with Crippen LogP contribution >= 0.6 is 0 Å². The van der Waals surface area contributed by atoms with Gasteiger partial charge in [-0.1, -0.05) is 0 Å². The lowest BCUT2D eigenvalue weighted by molar-refractivity contribution is 0.102. The van der Waals surface area contributed by atoms with E-state index < -0.39 is 17.5 Å². The van der Waals surface area contributed by atoms with Gasteiger partial charge in [-0.3, -0.25) is 4.79 Å². The van der Waals surface area contributed by atoms with Crippen LogP contribution in [-0.2, 0) is 0 Å². The highest BCUT2D eigenvalue weighted by Crippen LogP contribution is 2.33. The summed E-state index contributed by atoms with van der Waals surface area (Å²) >= 11 is 0. The van der Waals surface area contributed by atoms with Crippen molar-refractivity contribution in [1.82, 2.24) is 0 Å². The van der Waals surface area contributed by atoms with Crippen molar-refractivity contribution < 1.29 is 23.0 Å². The molecule has 0 unspecified atom stereocenters. The Kier molecular flexibility index (Phi) is 4.60. The normalized spacial score (nSPS) is 10.2. The highest BCUT2D eigenvalue weighted by Gasteiger charge is 2.15. The van der Waals surface area contributed by atoms with Crippen molar-refractivity contribution in [1.29, 1.82) is 0 Å². The number of benzene rings is 2. The van der Waals surface area contributed by atoms with Gasteiger partial charge in [0.15, 0.2) is 11.5 Å². The van der Waals surface area contributed by atoms with Gasteiger partial charge in [0.25, 0.3) is 5.91 Å². The molecule has 0 saturated heterocycles. The summed E-state index contributed by atoms with van der Waals surface area (Å²) in [7, 11) is 2.97. The molecule has 6 heteroatoms. The summed E-state index contributed by atoms with van der Waals surface area (Å²) in [5.41, 5.74) is 0.926. The molecule has 2 rings (SSSR count). The summed E-state index contributed by atoms with van der Waals surface area (Å²) in [6.07, 6.45) is 0. The van der Waals surface area contributed by atoms with Gasteiger partial charge in [0.2, 0.25) is 0 Å². The SMILES string of the molecule is COc1cc(C)c(NC(=O)c2ccc(F)cc2F)cc1OC. The van der Waals surface area contributed by atoms with Crippen LogP contribution in [0.25, 0.3) is 0 Å². The summed E-state index contributed by atoms with van der Waals surface area (Å²) in [6, 6.07) is 6.05. The van der Waals surface area contributed by atoms with E-state index in [4.69, 9.17) is 9.47 Å². The molecule has 116 valence electrons. The smallest absolute Gasteiger partial charge is 0.258 e. The fourth-order valence-corrected chi connectivity index (χ4v) is 1.98. The van der Waals surface area contributed by atoms with E-state index >= 15 is 0 Å². The third kappa shape index (κ3) is 3.16. The molecule has 22 heavy (non-hydrogen) atoms. The Morgan fingerprint density at radius 1 is 1.05 bits per heavy atom. The third-order valence-electron chi connectivity index (χ3n) is 3.15. The molecule has 0 aliphatic carbocycles. The van der Waals surface area contributed by atoms with Crippen molar-refractivity contribution in [3.05, 3.63) is 53.1 Å². The fraction of sp³-hybridized carbons (Fsp3) is 0.188. The summed E-state index contributed by atoms with van der Waals surface area (Å²) in [6.45, 7) is 1.76. The summed E-state index contributed by atoms with van der Waals surface area (Å²) in [5, 5.41) is 2.58. The third-order valence-corrected chi connectivity index (χ3v) is 3.15. The Bertz CT molecular complexity index is 717. The van der Waals surface area contributed by atoms with Crippen LogP contribution in [0.4, 0.5) is 14.5 Å². The van der Waals surface area contributed by atoms with Gasteiger partial charge in [0.1, 0.15) is 11.6 Å². The van der Waals surface area contributed by atoms with Crippen LogP contribution in [0, 0.1) is 18.6 Å². The number of carbonyl (C=O) groups is 1. The molecule has 1 amide bonds. The van der Waals surface area contributed by atoms with Crippen molar-refractivity contribution in [3.8, 4) is 11.5 Å². The predicted molar refractivity (Wildman–Crippen MR) is 78.6 cm³/mol. The number of aryl methyl sites for hydroxylation is 1. The Morgan fingerprint density at radius 2 is 1.68 bits per heavy atom. The zero-order valence-corrected chi connectivity index (χ0v) is 12.4. The molecule has 0 saturated carbocycles. The van der Waals surface area contributed by atoms with E-state index in [9.17, 15) is 13.6 Å². The number of carbonyl (C=O) groups excluding carboxylic acids is 1. The van der Waals surface area contributed by atoms with E-state index in [-0.39, 0.29) is 5.56 Å². The van der Waals surface area contributed by atoms with Gasteiger partial charge in [0.05, 0.1) is 19.8 Å². The first-order valence-electron chi connectivity index (χ1n) is 6.45. The lowest BCUT2D eigenvalue weighted by Crippen LogP contribution is -2.15.